The van der Waals surface area contributed by atoms with Gasteiger partial charge >= 0.3 is 0 Å². The molecular weight excluding hydrogens is 380 g/mol. The van der Waals surface area contributed by atoms with E-state index in [0.29, 0.717) is 25.3 Å². The number of pyridine rings is 1. The standard InChI is InChI=1S/C22H24N6O2/c1-16-7-5-11-19(24-16)22(30)28-12-6-10-18(28)14-27-15-20(25-26-27)21(29)23-13-17-8-3-2-4-9-17/h2-5,7-9,11,15,18H,6,10,12-14H2,1H3,(H,23,29)/t18-/m0/s1. The number of carbonyl (C=O) groups is 2. The highest BCUT2D eigenvalue weighted by molar-refractivity contribution is 5.93. The van der Waals surface area contributed by atoms with Gasteiger partial charge in [-0.15, -0.1) is 5.10 Å². The largest absolute Gasteiger partial charge is 0.347 e. The van der Waals surface area contributed by atoms with E-state index in [-0.39, 0.29) is 23.6 Å². The molecule has 0 unspecified atom stereocenters. The van der Waals surface area contributed by atoms with Crippen molar-refractivity contribution in [2.45, 2.75) is 38.9 Å². The number of hydrogen-bond acceptors (Lipinski definition) is 5. The second kappa shape index (κ2) is 8.86. The van der Waals surface area contributed by atoms with Crippen LogP contribution in [0.3, 0.4) is 0 Å². The minimum atomic E-state index is -0.270. The molecule has 1 aliphatic rings. The molecule has 4 rings (SSSR count). The second-order valence-electron chi connectivity index (χ2n) is 7.45. The van der Waals surface area contributed by atoms with Gasteiger partial charge in [-0.1, -0.05) is 41.6 Å². The van der Waals surface area contributed by atoms with E-state index < -0.39 is 0 Å². The van der Waals surface area contributed by atoms with Crippen molar-refractivity contribution in [1.29, 1.82) is 0 Å². The first-order valence-electron chi connectivity index (χ1n) is 10.1. The molecule has 1 atom stereocenters. The van der Waals surface area contributed by atoms with Crippen LogP contribution in [0.25, 0.3) is 0 Å². The van der Waals surface area contributed by atoms with Crippen LogP contribution >= 0.6 is 0 Å². The summed E-state index contributed by atoms with van der Waals surface area (Å²) < 4.78 is 1.64. The normalized spacial score (nSPS) is 15.9. The number of nitrogens with zero attached hydrogens (tertiary/aromatic N) is 5. The summed E-state index contributed by atoms with van der Waals surface area (Å²) in [6, 6.07) is 15.2. The van der Waals surface area contributed by atoms with E-state index in [2.05, 4.69) is 20.6 Å². The van der Waals surface area contributed by atoms with E-state index in [1.54, 1.807) is 16.9 Å². The van der Waals surface area contributed by atoms with Gasteiger partial charge < -0.3 is 10.2 Å². The molecule has 0 saturated carbocycles. The minimum absolute atomic E-state index is 0.00161. The van der Waals surface area contributed by atoms with Gasteiger partial charge in [0.2, 0.25) is 0 Å². The lowest BCUT2D eigenvalue weighted by atomic mass is 10.2. The lowest BCUT2D eigenvalue weighted by Gasteiger charge is -2.24. The fourth-order valence-electron chi connectivity index (χ4n) is 3.68. The first kappa shape index (κ1) is 19.8. The molecule has 2 aromatic heterocycles. The van der Waals surface area contributed by atoms with Gasteiger partial charge in [-0.05, 0) is 37.5 Å². The van der Waals surface area contributed by atoms with Crippen LogP contribution in [0, 0.1) is 6.92 Å². The highest BCUT2D eigenvalue weighted by Crippen LogP contribution is 2.21. The minimum Gasteiger partial charge on any atom is -0.347 e. The van der Waals surface area contributed by atoms with Gasteiger partial charge in [0, 0.05) is 18.8 Å². The molecule has 0 aliphatic carbocycles. The number of aromatic nitrogens is 4. The Hall–Kier alpha value is -3.55. The Morgan fingerprint density at radius 2 is 1.93 bits per heavy atom. The average Bonchev–Trinajstić information content (AvgIpc) is 3.42. The fourth-order valence-corrected chi connectivity index (χ4v) is 3.68. The molecule has 1 saturated heterocycles. The molecule has 2 amide bonds. The zero-order valence-corrected chi connectivity index (χ0v) is 16.9. The number of hydrogen-bond donors (Lipinski definition) is 1. The predicted octanol–water partition coefficient (Wildman–Crippen LogP) is 2.22. The van der Waals surface area contributed by atoms with Crippen LogP contribution in [0.5, 0.6) is 0 Å². The first-order chi connectivity index (χ1) is 14.6. The molecule has 1 fully saturated rings. The molecule has 3 heterocycles. The SMILES string of the molecule is Cc1cccc(C(=O)N2CCC[C@H]2Cn2cc(C(=O)NCc3ccccc3)nn2)n1. The molecule has 0 radical (unpaired) electrons. The number of aryl methyl sites for hydroxylation is 1. The smallest absolute Gasteiger partial charge is 0.273 e. The van der Waals surface area contributed by atoms with E-state index in [0.717, 1.165) is 24.1 Å². The Morgan fingerprint density at radius 1 is 1.10 bits per heavy atom. The van der Waals surface area contributed by atoms with E-state index in [1.165, 1.54) is 0 Å². The van der Waals surface area contributed by atoms with E-state index in [4.69, 9.17) is 0 Å². The van der Waals surface area contributed by atoms with Crippen LogP contribution in [0.2, 0.25) is 0 Å². The average molecular weight is 404 g/mol. The number of likely N-dealkylation sites (tertiary alicyclic amines) is 1. The molecule has 0 bridgehead atoms. The van der Waals surface area contributed by atoms with Crippen molar-refractivity contribution in [3.8, 4) is 0 Å². The molecule has 30 heavy (non-hydrogen) atoms. The van der Waals surface area contributed by atoms with Crippen molar-refractivity contribution in [2.75, 3.05) is 6.54 Å². The van der Waals surface area contributed by atoms with Gasteiger partial charge in [0.1, 0.15) is 5.69 Å². The van der Waals surface area contributed by atoms with Gasteiger partial charge in [-0.3, -0.25) is 9.59 Å². The monoisotopic (exact) mass is 404 g/mol. The van der Waals surface area contributed by atoms with E-state index in [9.17, 15) is 9.59 Å². The number of rotatable bonds is 6. The molecule has 3 aromatic rings. The van der Waals surface area contributed by atoms with Crippen molar-refractivity contribution in [2.24, 2.45) is 0 Å². The van der Waals surface area contributed by atoms with Crippen LogP contribution in [-0.4, -0.2) is 49.3 Å². The number of benzene rings is 1. The van der Waals surface area contributed by atoms with Crippen molar-refractivity contribution in [3.05, 3.63) is 77.4 Å². The third-order valence-electron chi connectivity index (χ3n) is 5.21. The van der Waals surface area contributed by atoms with E-state index >= 15 is 0 Å². The Bertz CT molecular complexity index is 1030. The maximum Gasteiger partial charge on any atom is 0.273 e. The number of amides is 2. The van der Waals surface area contributed by atoms with Crippen LogP contribution < -0.4 is 5.32 Å². The molecule has 8 heteroatoms. The quantitative estimate of drug-likeness (QED) is 0.680. The summed E-state index contributed by atoms with van der Waals surface area (Å²) in [4.78, 5) is 31.4. The Kier molecular flexibility index (Phi) is 5.83. The number of nitrogens with one attached hydrogen (secondary N) is 1. The van der Waals surface area contributed by atoms with Crippen LogP contribution in [0.1, 0.15) is 45.1 Å². The second-order valence-corrected chi connectivity index (χ2v) is 7.45. The van der Waals surface area contributed by atoms with Crippen molar-refractivity contribution in [3.63, 3.8) is 0 Å². The maximum atomic E-state index is 12.9. The van der Waals surface area contributed by atoms with Crippen molar-refractivity contribution < 1.29 is 9.59 Å². The lowest BCUT2D eigenvalue weighted by Crippen LogP contribution is -2.38. The summed E-state index contributed by atoms with van der Waals surface area (Å²) in [5.74, 6) is -0.337. The predicted molar refractivity (Wildman–Crippen MR) is 111 cm³/mol. The van der Waals surface area contributed by atoms with Crippen molar-refractivity contribution in [1.82, 2.24) is 30.2 Å². The highest BCUT2D eigenvalue weighted by atomic mass is 16.2. The van der Waals surface area contributed by atoms with Gasteiger partial charge in [0.15, 0.2) is 5.69 Å². The van der Waals surface area contributed by atoms with Crippen LogP contribution in [0.15, 0.2) is 54.7 Å². The summed E-state index contributed by atoms with van der Waals surface area (Å²) in [7, 11) is 0. The summed E-state index contributed by atoms with van der Waals surface area (Å²) in [6.45, 7) is 3.49. The molecule has 1 aliphatic heterocycles. The van der Waals surface area contributed by atoms with Gasteiger partial charge in [0.25, 0.3) is 11.8 Å². The third kappa shape index (κ3) is 4.53. The maximum absolute atomic E-state index is 12.9. The molecular formula is C22H24N6O2. The molecule has 0 spiro atoms. The van der Waals surface area contributed by atoms with Gasteiger partial charge in [-0.25, -0.2) is 9.67 Å². The summed E-state index contributed by atoms with van der Waals surface area (Å²) in [6.07, 6.45) is 3.44. The zero-order chi connectivity index (χ0) is 20.9. The van der Waals surface area contributed by atoms with Gasteiger partial charge in [0.05, 0.1) is 18.8 Å². The first-order valence-corrected chi connectivity index (χ1v) is 10.1. The number of carbonyl (C=O) groups excluding carboxylic acids is 2. The van der Waals surface area contributed by atoms with Crippen molar-refractivity contribution >= 4 is 11.8 Å². The zero-order valence-electron chi connectivity index (χ0n) is 16.9. The molecule has 154 valence electrons. The fraction of sp³-hybridized carbons (Fsp3) is 0.318. The van der Waals surface area contributed by atoms with Gasteiger partial charge in [-0.2, -0.15) is 0 Å². The summed E-state index contributed by atoms with van der Waals surface area (Å²) in [5.41, 5.74) is 2.56. The van der Waals surface area contributed by atoms with E-state index in [1.807, 2.05) is 54.3 Å². The van der Waals surface area contributed by atoms with Crippen LogP contribution in [-0.2, 0) is 13.1 Å². The van der Waals surface area contributed by atoms with Crippen LogP contribution in [0.4, 0.5) is 0 Å². The third-order valence-corrected chi connectivity index (χ3v) is 5.21. The lowest BCUT2D eigenvalue weighted by molar-refractivity contribution is 0.0714. The highest BCUT2D eigenvalue weighted by Gasteiger charge is 2.30. The summed E-state index contributed by atoms with van der Waals surface area (Å²) >= 11 is 0. The summed E-state index contributed by atoms with van der Waals surface area (Å²) in [5, 5.41) is 10.9. The Balaban J connectivity index is 1.37. The molecule has 1 N–H and O–H groups in total. The Labute approximate surface area is 174 Å². The molecule has 8 nitrogen and oxygen atoms in total. The Morgan fingerprint density at radius 3 is 2.73 bits per heavy atom. The topological polar surface area (TPSA) is 93.0 Å². The molecule has 1 aromatic carbocycles.